The average molecular weight is 1190 g/mol. The van der Waals surface area contributed by atoms with Crippen molar-refractivity contribution in [2.75, 3.05) is 38.0 Å². The number of para-hydroxylation sites is 2. The Kier molecular flexibility index (Phi) is 16.1. The lowest BCUT2D eigenvalue weighted by molar-refractivity contribution is -0.630. The molecule has 0 bridgehead atoms. The van der Waals surface area contributed by atoms with Crippen LogP contribution in [-0.2, 0) is 37.1 Å². The van der Waals surface area contributed by atoms with E-state index in [2.05, 4.69) is 228 Å². The van der Waals surface area contributed by atoms with Gasteiger partial charge in [0.15, 0.2) is 11.4 Å². The topological polar surface area (TPSA) is 84.9 Å². The number of nitrogens with zero attached hydrogens (tertiary/aromatic N) is 4. The van der Waals surface area contributed by atoms with Gasteiger partial charge in [-0.3, -0.25) is 4.21 Å². The third-order valence-corrected chi connectivity index (χ3v) is 20.9. The van der Waals surface area contributed by atoms with Gasteiger partial charge in [-0.15, -0.1) is 0 Å². The first-order chi connectivity index (χ1) is 40.0. The molecule has 8 nitrogen and oxygen atoms in total. The summed E-state index contributed by atoms with van der Waals surface area (Å²) in [5.74, 6) is 0. The molecule has 6 aliphatic rings. The summed E-state index contributed by atoms with van der Waals surface area (Å²) in [6.45, 7) is 18.2. The van der Waals surface area contributed by atoms with E-state index >= 15 is 0 Å². The van der Waals surface area contributed by atoms with Gasteiger partial charge in [0.05, 0.1) is 10.8 Å². The second kappa shape index (κ2) is 22.8. The van der Waals surface area contributed by atoms with Crippen LogP contribution in [0, 0.1) is 0 Å². The molecule has 12 heteroatoms. The van der Waals surface area contributed by atoms with E-state index in [9.17, 15) is 14.0 Å². The maximum atomic E-state index is 11.6. The first-order valence-electron chi connectivity index (χ1n) is 29.0. The summed E-state index contributed by atoms with van der Waals surface area (Å²) >= 11 is 12.7. The summed E-state index contributed by atoms with van der Waals surface area (Å²) in [7, 11) is 8.54. The third-order valence-electron chi connectivity index (χ3n) is 18.8. The number of halogens is 2. The van der Waals surface area contributed by atoms with Crippen molar-refractivity contribution in [1.82, 2.24) is 0 Å². The van der Waals surface area contributed by atoms with Gasteiger partial charge in [-0.25, -0.2) is 0 Å². The summed E-state index contributed by atoms with van der Waals surface area (Å²) in [4.78, 5) is 5.67. The zero-order valence-electron chi connectivity index (χ0n) is 50.2. The molecule has 4 aliphatic heterocycles. The van der Waals surface area contributed by atoms with Crippen LogP contribution >= 0.6 is 35.2 Å². The molecule has 2 aliphatic carbocycles. The molecule has 4 heterocycles. The molecule has 1 unspecified atom stereocenters. The maximum absolute atomic E-state index is 11.6. The standard InChI is InChI=1S/C40H39ClN2O4S2.C32H36ClN2/c1-39(2)34(42(5)32-18-10-26-22-28(48-47-44)14-16-30(26)36(32)39)20-12-24-8-7-9-25(38(24)41)13-21-35-40(3,4)37-31-17-15-29(49(45)46)23-27(31)11-19-33(37)43(35)6;1-31(2)24-14-7-9-16-26(24)34(5)28(31)20-18-22-12-11-13-23(30(22)33)19-21-29-32(3,4)25-15-8-10-17-27(25)35(29)6/h10-23H,7-9H2,1-6H3,(H-,44,45,46);7-10,14-21H,11-13H2,1-6H3/q;+1/p-1. The highest BCUT2D eigenvalue weighted by Gasteiger charge is 2.46. The fraction of sp³-hybridized carbons (Fsp3) is 0.306. The predicted molar refractivity (Wildman–Crippen MR) is 350 cm³/mol. The smallest absolute Gasteiger partial charge is 0.210 e. The summed E-state index contributed by atoms with van der Waals surface area (Å²) in [6.07, 6.45) is 23.9. The molecule has 432 valence electrons. The maximum Gasteiger partial charge on any atom is 0.210 e. The number of fused-ring (bicyclic) bond motifs is 8. The summed E-state index contributed by atoms with van der Waals surface area (Å²) in [6, 6.07) is 37.1. The number of likely N-dealkylation sites (N-methyl/N-ethyl adjacent to an activating group) is 2. The number of benzene rings is 6. The highest BCUT2D eigenvalue weighted by Crippen LogP contribution is 2.52. The lowest BCUT2D eigenvalue weighted by Gasteiger charge is -2.25. The summed E-state index contributed by atoms with van der Waals surface area (Å²) in [5, 5.41) is 16.7. The van der Waals surface area contributed by atoms with E-state index in [1.54, 1.807) is 12.1 Å². The van der Waals surface area contributed by atoms with Crippen molar-refractivity contribution in [3.8, 4) is 0 Å². The van der Waals surface area contributed by atoms with Crippen molar-refractivity contribution in [1.29, 1.82) is 0 Å². The molecule has 1 atom stereocenters. The fourth-order valence-corrected chi connectivity index (χ4v) is 15.8. The Hall–Kier alpha value is -6.34. The zero-order valence-corrected chi connectivity index (χ0v) is 53.4. The molecule has 0 fully saturated rings. The van der Waals surface area contributed by atoms with Crippen LogP contribution in [0.3, 0.4) is 0 Å². The Morgan fingerprint density at radius 1 is 0.560 bits per heavy atom. The second-order valence-corrected chi connectivity index (χ2v) is 27.6. The van der Waals surface area contributed by atoms with E-state index in [-0.39, 0.29) is 21.7 Å². The minimum atomic E-state index is -2.27. The third kappa shape index (κ3) is 10.3. The Morgan fingerprint density at radius 3 is 1.71 bits per heavy atom. The SMILES string of the molecule is CN1C(=CC=C2CCCC(C=CC3=[N+](C)c4ccc5cc(S(=O)[O-])ccc5c4C3(C)C)=C2Cl)C(C)(C)c2c1ccc1cc(SO[O-])ccc21.CN1C(=CC=C2CCCC(C=CC3=[N+](C)c4ccccc4C3(C)C)=C2Cl)C(C)(C)c2ccccc21. The fourth-order valence-electron chi connectivity index (χ4n) is 14.4. The summed E-state index contributed by atoms with van der Waals surface area (Å²) in [5.41, 5.74) is 19.2. The van der Waals surface area contributed by atoms with Crippen molar-refractivity contribution >= 4 is 102 Å². The molecule has 0 amide bonds. The number of anilines is 2. The number of hydrogen-bond donors (Lipinski definition) is 0. The van der Waals surface area contributed by atoms with Crippen LogP contribution in [0.25, 0.3) is 21.5 Å². The van der Waals surface area contributed by atoms with Crippen molar-refractivity contribution in [2.24, 2.45) is 0 Å². The van der Waals surface area contributed by atoms with Gasteiger partial charge in [0, 0.05) is 115 Å². The first kappa shape index (κ1) is 59.4. The van der Waals surface area contributed by atoms with Gasteiger partial charge in [0.1, 0.15) is 14.1 Å². The van der Waals surface area contributed by atoms with Gasteiger partial charge in [-0.05, 0) is 187 Å². The van der Waals surface area contributed by atoms with Crippen LogP contribution in [0.2, 0.25) is 0 Å². The van der Waals surface area contributed by atoms with E-state index in [1.807, 2.05) is 24.3 Å². The minimum absolute atomic E-state index is 0.0275. The molecule has 84 heavy (non-hydrogen) atoms. The molecular formula is C72H74Cl2N4O4S2. The highest BCUT2D eigenvalue weighted by atomic mass is 35.5. The average Bonchev–Trinajstić information content (AvgIpc) is 1.97. The first-order valence-corrected chi connectivity index (χ1v) is 31.6. The molecule has 0 saturated heterocycles. The van der Waals surface area contributed by atoms with Gasteiger partial charge in [-0.2, -0.15) is 9.15 Å². The molecule has 0 aromatic heterocycles. The Morgan fingerprint density at radius 2 is 1.10 bits per heavy atom. The number of allylic oxidation sites excluding steroid dienone is 16. The lowest BCUT2D eigenvalue weighted by atomic mass is 9.78. The monoisotopic (exact) mass is 1190 g/mol. The normalized spacial score (nSPS) is 21.8. The molecular weight excluding hydrogens is 1120 g/mol. The minimum Gasteiger partial charge on any atom is -0.768 e. The molecule has 0 radical (unpaired) electrons. The van der Waals surface area contributed by atoms with Gasteiger partial charge >= 0.3 is 0 Å². The van der Waals surface area contributed by atoms with Gasteiger partial charge in [-0.1, -0.05) is 130 Å². The zero-order chi connectivity index (χ0) is 59.8. The van der Waals surface area contributed by atoms with Gasteiger partial charge < -0.3 is 23.9 Å². The Bertz CT molecular complexity index is 4110. The van der Waals surface area contributed by atoms with E-state index in [0.717, 1.165) is 104 Å². The van der Waals surface area contributed by atoms with Crippen LogP contribution in [0.5, 0.6) is 0 Å². The number of hydrogen-bond acceptors (Lipinski definition) is 7. The van der Waals surface area contributed by atoms with E-state index < -0.39 is 11.1 Å². The van der Waals surface area contributed by atoms with E-state index in [0.29, 0.717) is 4.90 Å². The quantitative estimate of drug-likeness (QED) is 0.0469. The van der Waals surface area contributed by atoms with Crippen molar-refractivity contribution in [3.05, 3.63) is 224 Å². The summed E-state index contributed by atoms with van der Waals surface area (Å²) < 4.78 is 31.8. The molecule has 6 aromatic carbocycles. The van der Waals surface area contributed by atoms with E-state index in [4.69, 9.17) is 23.2 Å². The molecule has 0 spiro atoms. The molecule has 0 saturated carbocycles. The van der Waals surface area contributed by atoms with Crippen LogP contribution in [0.15, 0.2) is 211 Å². The van der Waals surface area contributed by atoms with Crippen LogP contribution in [0.1, 0.15) is 116 Å². The molecule has 6 aromatic rings. The second-order valence-electron chi connectivity index (χ2n) is 25.2. The predicted octanol–water partition coefficient (Wildman–Crippen LogP) is 17.2. The van der Waals surface area contributed by atoms with Crippen LogP contribution < -0.4 is 15.1 Å². The van der Waals surface area contributed by atoms with Crippen LogP contribution in [0.4, 0.5) is 22.7 Å². The van der Waals surface area contributed by atoms with Crippen molar-refractivity contribution in [3.63, 3.8) is 0 Å². The Balaban J connectivity index is 0.000000185. The van der Waals surface area contributed by atoms with E-state index in [1.165, 1.54) is 73.0 Å². The van der Waals surface area contributed by atoms with Gasteiger partial charge in [0.2, 0.25) is 11.4 Å². The van der Waals surface area contributed by atoms with Crippen molar-refractivity contribution in [2.45, 2.75) is 125 Å². The Labute approximate surface area is 513 Å². The highest BCUT2D eigenvalue weighted by molar-refractivity contribution is 7.94. The van der Waals surface area contributed by atoms with Crippen LogP contribution in [-0.4, -0.2) is 57.5 Å². The largest absolute Gasteiger partial charge is 0.768 e. The van der Waals surface area contributed by atoms with Gasteiger partial charge in [0.25, 0.3) is 0 Å². The molecule has 12 rings (SSSR count). The lowest BCUT2D eigenvalue weighted by Crippen LogP contribution is -2.27. The molecule has 0 N–H and O–H groups in total. The number of rotatable bonds is 9. The van der Waals surface area contributed by atoms with Crippen molar-refractivity contribution < 1.29 is 27.5 Å².